The van der Waals surface area contributed by atoms with Gasteiger partial charge in [0.25, 0.3) is 11.8 Å². The van der Waals surface area contributed by atoms with Crippen LogP contribution in [0, 0.1) is 5.92 Å². The van der Waals surface area contributed by atoms with Gasteiger partial charge in [-0.3, -0.25) is 14.4 Å². The summed E-state index contributed by atoms with van der Waals surface area (Å²) in [6.45, 7) is 3.73. The van der Waals surface area contributed by atoms with Crippen molar-refractivity contribution in [2.75, 3.05) is 49.4 Å². The fourth-order valence-corrected chi connectivity index (χ4v) is 9.48. The van der Waals surface area contributed by atoms with Crippen molar-refractivity contribution < 1.29 is 37.1 Å². The predicted molar refractivity (Wildman–Crippen MR) is 222 cm³/mol. The van der Waals surface area contributed by atoms with Crippen molar-refractivity contribution in [3.05, 3.63) is 113 Å². The van der Waals surface area contributed by atoms with Crippen LogP contribution < -0.4 is 15.5 Å². The van der Waals surface area contributed by atoms with E-state index in [0.29, 0.717) is 43.5 Å². The number of ether oxygens (including phenoxy) is 2. The van der Waals surface area contributed by atoms with Crippen LogP contribution >= 0.6 is 0 Å². The van der Waals surface area contributed by atoms with Crippen LogP contribution in [0.3, 0.4) is 0 Å². The topological polar surface area (TPSA) is 164 Å². The number of piperidine rings is 1. The third-order valence-corrected chi connectivity index (χ3v) is 13.0. The first-order chi connectivity index (χ1) is 28.0. The Morgan fingerprint density at radius 3 is 2.14 bits per heavy atom. The number of nitrogens with one attached hydrogen (secondary N) is 2. The SMILES string of the molecule is CCN(C1CCC(C(=O)OC)CC1)S(=O)(=O)c1cccc(C(=O)Nc2ccc(N3CCCCC3)cc2C(=O)Nc2ccc(CCc3ccc(C(=O)OC)cc3)cn2)c1. The number of amides is 2. The van der Waals surface area contributed by atoms with E-state index in [0.717, 1.165) is 55.6 Å². The van der Waals surface area contributed by atoms with E-state index in [9.17, 15) is 27.6 Å². The zero-order chi connectivity index (χ0) is 41.2. The van der Waals surface area contributed by atoms with E-state index >= 15 is 0 Å². The Hall–Kier alpha value is -5.60. The number of pyridine rings is 1. The van der Waals surface area contributed by atoms with Crippen LogP contribution in [0.25, 0.3) is 0 Å². The molecule has 2 amide bonds. The quantitative estimate of drug-likeness (QED) is 0.128. The van der Waals surface area contributed by atoms with E-state index in [2.05, 4.69) is 20.5 Å². The summed E-state index contributed by atoms with van der Waals surface area (Å²) >= 11 is 0. The number of anilines is 3. The number of aryl methyl sites for hydroxylation is 2. The first kappa shape index (κ1) is 42.0. The first-order valence-corrected chi connectivity index (χ1v) is 21.3. The van der Waals surface area contributed by atoms with Gasteiger partial charge in [0.1, 0.15) is 5.82 Å². The smallest absolute Gasteiger partial charge is 0.337 e. The van der Waals surface area contributed by atoms with Gasteiger partial charge in [0.05, 0.1) is 41.8 Å². The Kier molecular flexibility index (Phi) is 13.9. The van der Waals surface area contributed by atoms with Crippen molar-refractivity contribution in [3.63, 3.8) is 0 Å². The van der Waals surface area contributed by atoms with Crippen LogP contribution in [-0.4, -0.2) is 81.4 Å². The van der Waals surface area contributed by atoms with Gasteiger partial charge < -0.3 is 25.0 Å². The zero-order valence-electron chi connectivity index (χ0n) is 33.2. The summed E-state index contributed by atoms with van der Waals surface area (Å²) in [4.78, 5) is 58.2. The molecule has 1 saturated carbocycles. The van der Waals surface area contributed by atoms with Crippen LogP contribution in [-0.2, 0) is 37.1 Å². The Morgan fingerprint density at radius 2 is 1.48 bits per heavy atom. The molecule has 3 aromatic carbocycles. The fraction of sp³-hybridized carbons (Fsp3) is 0.386. The van der Waals surface area contributed by atoms with Crippen LogP contribution in [0.15, 0.2) is 90.0 Å². The van der Waals surface area contributed by atoms with Crippen LogP contribution in [0.5, 0.6) is 0 Å². The fourth-order valence-electron chi connectivity index (χ4n) is 7.74. The van der Waals surface area contributed by atoms with E-state index in [1.165, 1.54) is 42.8 Å². The Labute approximate surface area is 340 Å². The van der Waals surface area contributed by atoms with Gasteiger partial charge >= 0.3 is 11.9 Å². The molecule has 1 aromatic heterocycles. The number of rotatable bonds is 14. The van der Waals surface area contributed by atoms with Gasteiger partial charge in [-0.1, -0.05) is 31.2 Å². The summed E-state index contributed by atoms with van der Waals surface area (Å²) in [6.07, 6.45) is 8.49. The monoisotopic (exact) mass is 809 g/mol. The molecule has 2 fully saturated rings. The summed E-state index contributed by atoms with van der Waals surface area (Å²) < 4.78 is 39.0. The second kappa shape index (κ2) is 19.2. The lowest BCUT2D eigenvalue weighted by atomic mass is 9.86. The lowest BCUT2D eigenvalue weighted by molar-refractivity contribution is -0.146. The lowest BCUT2D eigenvalue weighted by Gasteiger charge is -2.34. The molecule has 2 N–H and O–H groups in total. The summed E-state index contributed by atoms with van der Waals surface area (Å²) in [5, 5.41) is 5.75. The van der Waals surface area contributed by atoms with Crippen molar-refractivity contribution >= 4 is 51.0 Å². The molecule has 0 spiro atoms. The Balaban J connectivity index is 1.16. The Morgan fingerprint density at radius 1 is 0.776 bits per heavy atom. The van der Waals surface area contributed by atoms with Crippen LogP contribution in [0.2, 0.25) is 0 Å². The number of hydrogen-bond acceptors (Lipinski definition) is 10. The molecule has 1 aliphatic heterocycles. The average Bonchev–Trinajstić information content (AvgIpc) is 3.26. The third kappa shape index (κ3) is 10.1. The number of aromatic nitrogens is 1. The van der Waals surface area contributed by atoms with Crippen molar-refractivity contribution in [3.8, 4) is 0 Å². The molecule has 2 heterocycles. The number of esters is 2. The van der Waals surface area contributed by atoms with Gasteiger partial charge in [-0.25, -0.2) is 18.2 Å². The molecule has 6 rings (SSSR count). The van der Waals surface area contributed by atoms with Crippen LogP contribution in [0.4, 0.5) is 17.2 Å². The summed E-state index contributed by atoms with van der Waals surface area (Å²) in [5.74, 6) is -1.58. The molecule has 58 heavy (non-hydrogen) atoms. The number of methoxy groups -OCH3 is 2. The highest BCUT2D eigenvalue weighted by Gasteiger charge is 2.35. The molecule has 1 aliphatic carbocycles. The number of nitrogens with zero attached hydrogens (tertiary/aromatic N) is 3. The number of benzene rings is 3. The van der Waals surface area contributed by atoms with E-state index in [-0.39, 0.29) is 52.2 Å². The third-order valence-electron chi connectivity index (χ3n) is 11.0. The van der Waals surface area contributed by atoms with Gasteiger partial charge in [-0.05, 0) is 124 Å². The zero-order valence-corrected chi connectivity index (χ0v) is 34.1. The average molecular weight is 810 g/mol. The summed E-state index contributed by atoms with van der Waals surface area (Å²) in [7, 11) is -1.27. The number of carbonyl (C=O) groups excluding carboxylic acids is 4. The highest BCUT2D eigenvalue weighted by molar-refractivity contribution is 7.89. The predicted octanol–water partition coefficient (Wildman–Crippen LogP) is 6.89. The van der Waals surface area contributed by atoms with Crippen molar-refractivity contribution in [1.29, 1.82) is 0 Å². The minimum atomic E-state index is -3.98. The van der Waals surface area contributed by atoms with Gasteiger partial charge in [0.15, 0.2) is 0 Å². The van der Waals surface area contributed by atoms with E-state index in [1.807, 2.05) is 24.3 Å². The number of sulfonamides is 1. The number of hydrogen-bond donors (Lipinski definition) is 2. The first-order valence-electron chi connectivity index (χ1n) is 19.8. The number of carbonyl (C=O) groups is 4. The second-order valence-corrected chi connectivity index (χ2v) is 16.6. The molecular weight excluding hydrogens is 759 g/mol. The molecule has 1 saturated heterocycles. The normalized spacial score (nSPS) is 17.0. The second-order valence-electron chi connectivity index (χ2n) is 14.7. The lowest BCUT2D eigenvalue weighted by Crippen LogP contribution is -2.43. The van der Waals surface area contributed by atoms with Gasteiger partial charge in [0.2, 0.25) is 10.0 Å². The molecule has 0 unspecified atom stereocenters. The van der Waals surface area contributed by atoms with E-state index < -0.39 is 21.8 Å². The maximum atomic E-state index is 14.0. The molecular formula is C44H51N5O8S. The Bertz CT molecular complexity index is 2200. The molecule has 306 valence electrons. The summed E-state index contributed by atoms with van der Waals surface area (Å²) in [6, 6.07) is 21.9. The summed E-state index contributed by atoms with van der Waals surface area (Å²) in [5.41, 5.74) is 4.00. The molecule has 14 heteroatoms. The molecule has 13 nitrogen and oxygen atoms in total. The maximum Gasteiger partial charge on any atom is 0.337 e. The van der Waals surface area contributed by atoms with Crippen molar-refractivity contribution in [2.45, 2.75) is 75.6 Å². The van der Waals surface area contributed by atoms with Gasteiger partial charge in [-0.15, -0.1) is 0 Å². The minimum Gasteiger partial charge on any atom is -0.469 e. The van der Waals surface area contributed by atoms with Crippen molar-refractivity contribution in [2.24, 2.45) is 5.92 Å². The van der Waals surface area contributed by atoms with E-state index in [4.69, 9.17) is 9.47 Å². The maximum absolute atomic E-state index is 14.0. The van der Waals surface area contributed by atoms with Crippen molar-refractivity contribution in [1.82, 2.24) is 9.29 Å². The van der Waals surface area contributed by atoms with E-state index in [1.54, 1.807) is 43.5 Å². The molecule has 2 aliphatic rings. The molecule has 0 radical (unpaired) electrons. The van der Waals surface area contributed by atoms with Gasteiger partial charge in [0, 0.05) is 43.1 Å². The highest BCUT2D eigenvalue weighted by atomic mass is 32.2. The minimum absolute atomic E-state index is 0.0125. The van der Waals surface area contributed by atoms with Gasteiger partial charge in [-0.2, -0.15) is 4.31 Å². The largest absolute Gasteiger partial charge is 0.469 e. The van der Waals surface area contributed by atoms with Crippen LogP contribution in [0.1, 0.15) is 94.1 Å². The standard InChI is InChI=1S/C44H51N5O8S/c1-4-49(35-20-18-33(19-21-35)44(53)57-3)58(54,55)37-10-8-9-34(27-37)41(50)46-39-23-22-36(48-25-6-5-7-26-48)28-38(39)42(51)47-40-24-15-31(29-45-40)12-11-30-13-16-32(17-14-30)43(52)56-2/h8-10,13-17,22-24,27-29,33,35H,4-7,11-12,18-21,25-26H2,1-3H3,(H,46,50)(H,45,47,51). The highest BCUT2D eigenvalue weighted by Crippen LogP contribution is 2.32. The molecule has 4 aromatic rings. The molecule has 0 atom stereocenters. The molecule has 0 bridgehead atoms.